The topological polar surface area (TPSA) is 62.8 Å². The van der Waals surface area contributed by atoms with E-state index in [4.69, 9.17) is 22.7 Å². The molecule has 0 aliphatic rings. The number of hydrogen-bond donors (Lipinski definition) is 2. The van der Waals surface area contributed by atoms with Crippen molar-refractivity contribution in [3.63, 3.8) is 0 Å². The minimum absolute atomic E-state index is 0.0221. The van der Waals surface area contributed by atoms with Gasteiger partial charge in [-0.3, -0.25) is 10.4 Å². The summed E-state index contributed by atoms with van der Waals surface area (Å²) in [6.07, 6.45) is 1.61. The minimum atomic E-state index is -0.0221. The third-order valence-corrected chi connectivity index (χ3v) is 1.56. The first kappa shape index (κ1) is 8.01. The van der Waals surface area contributed by atoms with E-state index < -0.39 is 0 Å². The predicted octanol–water partition coefficient (Wildman–Crippen LogP) is 1.10. The number of amidine groups is 1. The molecule has 0 aliphatic carbocycles. The standard InChI is InChI=1S/C7H8ClN3/c8-3-5-1-2-6(7(9)10)11-4-5/h1-2,4H,3H2,(H3,9,10). The third-order valence-electron chi connectivity index (χ3n) is 1.25. The number of alkyl halides is 1. The Balaban J connectivity index is 2.91. The van der Waals surface area contributed by atoms with E-state index >= 15 is 0 Å². The number of nitrogens with zero attached hydrogens (tertiary/aromatic N) is 1. The molecule has 11 heavy (non-hydrogen) atoms. The van der Waals surface area contributed by atoms with Gasteiger partial charge >= 0.3 is 0 Å². The normalized spacial score (nSPS) is 9.55. The van der Waals surface area contributed by atoms with E-state index in [2.05, 4.69) is 4.98 Å². The molecule has 4 heteroatoms. The van der Waals surface area contributed by atoms with Crippen LogP contribution in [0.4, 0.5) is 0 Å². The first-order valence-electron chi connectivity index (χ1n) is 3.09. The highest BCUT2D eigenvalue weighted by Gasteiger charge is 1.96. The van der Waals surface area contributed by atoms with Crippen LogP contribution in [-0.2, 0) is 5.88 Å². The largest absolute Gasteiger partial charge is 0.382 e. The summed E-state index contributed by atoms with van der Waals surface area (Å²) in [5.41, 5.74) is 6.61. The molecule has 0 saturated carbocycles. The summed E-state index contributed by atoms with van der Waals surface area (Å²) >= 11 is 5.53. The Morgan fingerprint density at radius 2 is 2.36 bits per heavy atom. The summed E-state index contributed by atoms with van der Waals surface area (Å²) in [6.45, 7) is 0. The molecule has 3 N–H and O–H groups in total. The number of nitrogens with two attached hydrogens (primary N) is 1. The van der Waals surface area contributed by atoms with Crippen molar-refractivity contribution in [3.05, 3.63) is 29.6 Å². The number of rotatable bonds is 2. The monoisotopic (exact) mass is 169 g/mol. The van der Waals surface area contributed by atoms with E-state index in [1.54, 1.807) is 18.3 Å². The highest BCUT2D eigenvalue weighted by atomic mass is 35.5. The molecule has 0 amide bonds. The van der Waals surface area contributed by atoms with E-state index in [1.165, 1.54) is 0 Å². The Hall–Kier alpha value is -1.09. The molecule has 0 fully saturated rings. The van der Waals surface area contributed by atoms with Crippen LogP contribution in [0.2, 0.25) is 0 Å². The number of hydrogen-bond acceptors (Lipinski definition) is 2. The number of nitrogen functional groups attached to an aromatic ring is 1. The van der Waals surface area contributed by atoms with Crippen LogP contribution >= 0.6 is 11.6 Å². The van der Waals surface area contributed by atoms with Crippen LogP contribution in [0.15, 0.2) is 18.3 Å². The average Bonchev–Trinajstić information content (AvgIpc) is 2.05. The quantitative estimate of drug-likeness (QED) is 0.396. The second-order valence-corrected chi connectivity index (χ2v) is 2.37. The van der Waals surface area contributed by atoms with E-state index in [-0.39, 0.29) is 5.84 Å². The van der Waals surface area contributed by atoms with Gasteiger partial charge in [0.25, 0.3) is 0 Å². The number of nitrogens with one attached hydrogen (secondary N) is 1. The SMILES string of the molecule is N=C(N)c1ccc(CCl)cn1. The van der Waals surface area contributed by atoms with Crippen molar-refractivity contribution in [3.8, 4) is 0 Å². The van der Waals surface area contributed by atoms with Crippen molar-refractivity contribution < 1.29 is 0 Å². The Kier molecular flexibility index (Phi) is 2.44. The lowest BCUT2D eigenvalue weighted by Crippen LogP contribution is -2.12. The van der Waals surface area contributed by atoms with Gasteiger partial charge in [0, 0.05) is 12.1 Å². The van der Waals surface area contributed by atoms with Crippen molar-refractivity contribution in [1.29, 1.82) is 5.41 Å². The average molecular weight is 170 g/mol. The van der Waals surface area contributed by atoms with Crippen LogP contribution in [0.25, 0.3) is 0 Å². The fourth-order valence-corrected chi connectivity index (χ4v) is 0.821. The molecule has 0 bridgehead atoms. The second-order valence-electron chi connectivity index (χ2n) is 2.10. The molecular weight excluding hydrogens is 162 g/mol. The molecule has 58 valence electrons. The Morgan fingerprint density at radius 3 is 2.73 bits per heavy atom. The zero-order chi connectivity index (χ0) is 8.27. The summed E-state index contributed by atoms with van der Waals surface area (Å²) in [7, 11) is 0. The fourth-order valence-electron chi connectivity index (χ4n) is 0.663. The molecule has 1 aromatic heterocycles. The number of halogens is 1. The van der Waals surface area contributed by atoms with Crippen molar-refractivity contribution in [2.24, 2.45) is 5.73 Å². The van der Waals surface area contributed by atoms with Gasteiger partial charge in [-0.1, -0.05) is 6.07 Å². The van der Waals surface area contributed by atoms with Crippen molar-refractivity contribution in [1.82, 2.24) is 4.98 Å². The van der Waals surface area contributed by atoms with Gasteiger partial charge in [0.1, 0.15) is 11.5 Å². The van der Waals surface area contributed by atoms with E-state index in [1.807, 2.05) is 0 Å². The van der Waals surface area contributed by atoms with Crippen LogP contribution < -0.4 is 5.73 Å². The lowest BCUT2D eigenvalue weighted by atomic mass is 10.2. The van der Waals surface area contributed by atoms with Crippen LogP contribution in [0.3, 0.4) is 0 Å². The highest BCUT2D eigenvalue weighted by Crippen LogP contribution is 2.02. The molecule has 0 spiro atoms. The first-order valence-corrected chi connectivity index (χ1v) is 3.63. The summed E-state index contributed by atoms with van der Waals surface area (Å²) in [6, 6.07) is 3.48. The lowest BCUT2D eigenvalue weighted by molar-refractivity contribution is 1.20. The molecule has 1 aromatic rings. The van der Waals surface area contributed by atoms with E-state index in [9.17, 15) is 0 Å². The molecule has 1 rings (SSSR count). The minimum Gasteiger partial charge on any atom is -0.382 e. The summed E-state index contributed by atoms with van der Waals surface area (Å²) in [4.78, 5) is 3.92. The molecule has 0 aliphatic heterocycles. The van der Waals surface area contributed by atoms with Gasteiger partial charge in [-0.25, -0.2) is 0 Å². The number of pyridine rings is 1. The van der Waals surface area contributed by atoms with E-state index in [0.717, 1.165) is 5.56 Å². The van der Waals surface area contributed by atoms with Crippen LogP contribution in [0.5, 0.6) is 0 Å². The molecule has 3 nitrogen and oxygen atoms in total. The van der Waals surface area contributed by atoms with Gasteiger partial charge in [0.2, 0.25) is 0 Å². The van der Waals surface area contributed by atoms with Gasteiger partial charge in [0.05, 0.1) is 0 Å². The van der Waals surface area contributed by atoms with Crippen molar-refractivity contribution in [2.75, 3.05) is 0 Å². The lowest BCUT2D eigenvalue weighted by Gasteiger charge is -1.97. The highest BCUT2D eigenvalue weighted by molar-refractivity contribution is 6.17. The van der Waals surface area contributed by atoms with Gasteiger partial charge in [0.15, 0.2) is 0 Å². The number of aromatic nitrogens is 1. The Bertz CT molecular complexity index is 255. The van der Waals surface area contributed by atoms with E-state index in [0.29, 0.717) is 11.6 Å². The second kappa shape index (κ2) is 3.34. The van der Waals surface area contributed by atoms with Gasteiger partial charge in [-0.05, 0) is 11.6 Å². The summed E-state index contributed by atoms with van der Waals surface area (Å²) in [5, 5.41) is 7.05. The molecule has 0 unspecified atom stereocenters. The predicted molar refractivity (Wildman–Crippen MR) is 44.8 cm³/mol. The Labute approximate surface area is 69.7 Å². The molecule has 0 atom stereocenters. The molecular formula is C7H8ClN3. The van der Waals surface area contributed by atoms with Gasteiger partial charge in [-0.2, -0.15) is 0 Å². The maximum Gasteiger partial charge on any atom is 0.141 e. The van der Waals surface area contributed by atoms with Crippen LogP contribution in [0, 0.1) is 5.41 Å². The summed E-state index contributed by atoms with van der Waals surface area (Å²) < 4.78 is 0. The first-order chi connectivity index (χ1) is 5.24. The zero-order valence-electron chi connectivity index (χ0n) is 5.84. The fraction of sp³-hybridized carbons (Fsp3) is 0.143. The third kappa shape index (κ3) is 1.91. The zero-order valence-corrected chi connectivity index (χ0v) is 6.60. The van der Waals surface area contributed by atoms with Gasteiger partial charge in [-0.15, -0.1) is 11.6 Å². The maximum absolute atomic E-state index is 7.05. The van der Waals surface area contributed by atoms with Crippen molar-refractivity contribution >= 4 is 17.4 Å². The molecule has 0 aromatic carbocycles. The smallest absolute Gasteiger partial charge is 0.141 e. The van der Waals surface area contributed by atoms with Crippen LogP contribution in [0.1, 0.15) is 11.3 Å². The maximum atomic E-state index is 7.05. The van der Waals surface area contributed by atoms with Crippen LogP contribution in [-0.4, -0.2) is 10.8 Å². The van der Waals surface area contributed by atoms with Crippen molar-refractivity contribution in [2.45, 2.75) is 5.88 Å². The molecule has 1 heterocycles. The molecule has 0 saturated heterocycles. The van der Waals surface area contributed by atoms with Gasteiger partial charge < -0.3 is 5.73 Å². The molecule has 0 radical (unpaired) electrons. The Morgan fingerprint density at radius 1 is 1.64 bits per heavy atom. The summed E-state index contributed by atoms with van der Waals surface area (Å²) in [5.74, 6) is 0.414.